The third-order valence-electron chi connectivity index (χ3n) is 2.19. The lowest BCUT2D eigenvalue weighted by atomic mass is 10.1. The number of aryl methyl sites for hydroxylation is 2. The molecular formula is C10H14N4. The summed E-state index contributed by atoms with van der Waals surface area (Å²) in [7, 11) is 0. The Bertz CT molecular complexity index is 406. The van der Waals surface area contributed by atoms with E-state index in [0.717, 1.165) is 23.5 Å². The number of hydrogen-bond donors (Lipinski definition) is 1. The lowest BCUT2D eigenvalue weighted by molar-refractivity contribution is 0.634. The first-order valence-electron chi connectivity index (χ1n) is 4.51. The van der Waals surface area contributed by atoms with E-state index in [2.05, 4.69) is 5.10 Å². The molecule has 1 heterocycles. The highest BCUT2D eigenvalue weighted by molar-refractivity contribution is 5.68. The van der Waals surface area contributed by atoms with E-state index in [1.54, 1.807) is 0 Å². The molecule has 1 aromatic rings. The quantitative estimate of drug-likeness (QED) is 0.715. The van der Waals surface area contributed by atoms with Crippen molar-refractivity contribution < 1.29 is 0 Å². The van der Waals surface area contributed by atoms with Crippen LogP contribution in [0.15, 0.2) is 6.08 Å². The van der Waals surface area contributed by atoms with E-state index in [-0.39, 0.29) is 0 Å². The van der Waals surface area contributed by atoms with Crippen LogP contribution in [0.2, 0.25) is 0 Å². The van der Waals surface area contributed by atoms with Crippen molar-refractivity contribution in [1.82, 2.24) is 9.78 Å². The van der Waals surface area contributed by atoms with Gasteiger partial charge in [-0.2, -0.15) is 10.4 Å². The van der Waals surface area contributed by atoms with Gasteiger partial charge in [0, 0.05) is 23.9 Å². The maximum Gasteiger partial charge on any atom is 0.0933 e. The highest BCUT2D eigenvalue weighted by Crippen LogP contribution is 2.18. The summed E-state index contributed by atoms with van der Waals surface area (Å²) < 4.78 is 1.88. The van der Waals surface area contributed by atoms with Gasteiger partial charge >= 0.3 is 0 Å². The molecule has 1 rings (SSSR count). The summed E-state index contributed by atoms with van der Waals surface area (Å²) in [5.74, 6) is 0. The van der Waals surface area contributed by atoms with Crippen molar-refractivity contribution in [3.63, 3.8) is 0 Å². The van der Waals surface area contributed by atoms with Crippen molar-refractivity contribution in [3.8, 4) is 6.07 Å². The van der Waals surface area contributed by atoms with Crippen LogP contribution < -0.4 is 5.73 Å². The summed E-state index contributed by atoms with van der Waals surface area (Å²) >= 11 is 0. The van der Waals surface area contributed by atoms with E-state index in [4.69, 9.17) is 11.0 Å². The summed E-state index contributed by atoms with van der Waals surface area (Å²) in [6, 6.07) is 1.92. The van der Waals surface area contributed by atoms with Crippen LogP contribution in [-0.2, 0) is 6.54 Å². The largest absolute Gasteiger partial charge is 0.398 e. The molecule has 2 N–H and O–H groups in total. The molecule has 0 saturated heterocycles. The third-order valence-corrected chi connectivity index (χ3v) is 2.19. The van der Waals surface area contributed by atoms with Crippen molar-refractivity contribution >= 4 is 5.70 Å². The smallest absolute Gasteiger partial charge is 0.0933 e. The van der Waals surface area contributed by atoms with E-state index in [1.807, 2.05) is 31.5 Å². The summed E-state index contributed by atoms with van der Waals surface area (Å²) in [6.07, 6.45) is 1.34. The molecule has 0 aliphatic rings. The second kappa shape index (κ2) is 3.97. The first kappa shape index (κ1) is 10.3. The summed E-state index contributed by atoms with van der Waals surface area (Å²) in [4.78, 5) is 0. The Morgan fingerprint density at radius 2 is 2.29 bits per heavy atom. The van der Waals surface area contributed by atoms with Gasteiger partial charge in [-0.3, -0.25) is 4.68 Å². The molecule has 1 aromatic heterocycles. The van der Waals surface area contributed by atoms with Gasteiger partial charge < -0.3 is 5.73 Å². The molecular weight excluding hydrogens is 176 g/mol. The monoisotopic (exact) mass is 190 g/mol. The molecule has 0 atom stereocenters. The van der Waals surface area contributed by atoms with Crippen LogP contribution in [0.25, 0.3) is 5.70 Å². The van der Waals surface area contributed by atoms with Crippen LogP contribution >= 0.6 is 0 Å². The van der Waals surface area contributed by atoms with Crippen molar-refractivity contribution in [2.24, 2.45) is 5.73 Å². The van der Waals surface area contributed by atoms with Crippen LogP contribution in [0.4, 0.5) is 0 Å². The lowest BCUT2D eigenvalue weighted by Gasteiger charge is -2.01. The lowest BCUT2D eigenvalue weighted by Crippen LogP contribution is -2.01. The maximum absolute atomic E-state index is 8.51. The van der Waals surface area contributed by atoms with Crippen LogP contribution in [0.1, 0.15) is 23.9 Å². The van der Waals surface area contributed by atoms with E-state index in [9.17, 15) is 0 Å². The Kier molecular flexibility index (Phi) is 2.92. The minimum Gasteiger partial charge on any atom is -0.398 e. The molecule has 0 saturated carbocycles. The fraction of sp³-hybridized carbons (Fsp3) is 0.400. The van der Waals surface area contributed by atoms with Gasteiger partial charge in [-0.15, -0.1) is 0 Å². The van der Waals surface area contributed by atoms with Crippen molar-refractivity contribution in [2.45, 2.75) is 27.3 Å². The number of nitrogens with zero attached hydrogens (tertiary/aromatic N) is 3. The molecule has 0 aliphatic carbocycles. The molecule has 0 fully saturated rings. The van der Waals surface area contributed by atoms with Crippen LogP contribution in [-0.4, -0.2) is 9.78 Å². The maximum atomic E-state index is 8.51. The normalized spacial score (nSPS) is 11.4. The van der Waals surface area contributed by atoms with E-state index in [1.165, 1.54) is 6.08 Å². The predicted octanol–water partition coefficient (Wildman–Crippen LogP) is 1.34. The zero-order valence-corrected chi connectivity index (χ0v) is 8.70. The minimum absolute atomic E-state index is 0.488. The van der Waals surface area contributed by atoms with Crippen LogP contribution in [0.5, 0.6) is 0 Å². The van der Waals surface area contributed by atoms with Gasteiger partial charge in [0.15, 0.2) is 0 Å². The molecule has 0 radical (unpaired) electrons. The van der Waals surface area contributed by atoms with Crippen LogP contribution in [0, 0.1) is 25.2 Å². The molecule has 0 aromatic carbocycles. The molecule has 4 nitrogen and oxygen atoms in total. The standard InChI is InChI=1S/C10H14N4/c1-4-14-8(3)10(7(2)13-14)9(12)5-6-11/h5H,4,12H2,1-3H3/b9-5-. The molecule has 0 aliphatic heterocycles. The number of allylic oxidation sites excluding steroid dienone is 1. The van der Waals surface area contributed by atoms with Gasteiger partial charge in [0.05, 0.1) is 17.5 Å². The number of hydrogen-bond acceptors (Lipinski definition) is 3. The molecule has 74 valence electrons. The highest BCUT2D eigenvalue weighted by Gasteiger charge is 2.12. The first-order valence-corrected chi connectivity index (χ1v) is 4.51. The molecule has 4 heteroatoms. The number of aromatic nitrogens is 2. The van der Waals surface area contributed by atoms with Gasteiger partial charge in [0.1, 0.15) is 0 Å². The molecule has 14 heavy (non-hydrogen) atoms. The van der Waals surface area contributed by atoms with E-state index in [0.29, 0.717) is 5.70 Å². The minimum atomic E-state index is 0.488. The van der Waals surface area contributed by atoms with E-state index < -0.39 is 0 Å². The van der Waals surface area contributed by atoms with Crippen molar-refractivity contribution in [2.75, 3.05) is 0 Å². The third kappa shape index (κ3) is 1.62. The molecule has 0 unspecified atom stereocenters. The second-order valence-electron chi connectivity index (χ2n) is 3.09. The van der Waals surface area contributed by atoms with Gasteiger partial charge in [0.2, 0.25) is 0 Å². The molecule has 0 bridgehead atoms. The van der Waals surface area contributed by atoms with Crippen molar-refractivity contribution in [3.05, 3.63) is 23.0 Å². The summed E-state index contributed by atoms with van der Waals surface area (Å²) in [5, 5.41) is 12.8. The zero-order chi connectivity index (χ0) is 10.7. The number of nitriles is 1. The van der Waals surface area contributed by atoms with Gasteiger partial charge in [-0.1, -0.05) is 0 Å². The Morgan fingerprint density at radius 1 is 1.64 bits per heavy atom. The SMILES string of the molecule is CCn1nc(C)c(/C(N)=C/C#N)c1C. The Hall–Kier alpha value is -1.76. The van der Waals surface area contributed by atoms with E-state index >= 15 is 0 Å². The number of rotatable bonds is 2. The topological polar surface area (TPSA) is 67.6 Å². The molecule has 0 spiro atoms. The van der Waals surface area contributed by atoms with Gasteiger partial charge in [-0.25, -0.2) is 0 Å². The fourth-order valence-electron chi connectivity index (χ4n) is 1.56. The summed E-state index contributed by atoms with van der Waals surface area (Å²) in [6.45, 7) is 6.68. The average molecular weight is 190 g/mol. The summed E-state index contributed by atoms with van der Waals surface area (Å²) in [5.41, 5.74) is 9.01. The number of nitrogens with two attached hydrogens (primary N) is 1. The zero-order valence-electron chi connectivity index (χ0n) is 8.70. The van der Waals surface area contributed by atoms with Crippen molar-refractivity contribution in [1.29, 1.82) is 5.26 Å². The average Bonchev–Trinajstić information content (AvgIpc) is 2.41. The van der Waals surface area contributed by atoms with Gasteiger partial charge in [0.25, 0.3) is 0 Å². The Morgan fingerprint density at radius 3 is 2.71 bits per heavy atom. The van der Waals surface area contributed by atoms with Gasteiger partial charge in [-0.05, 0) is 20.8 Å². The Labute approximate surface area is 83.6 Å². The molecule has 0 amide bonds. The van der Waals surface area contributed by atoms with Crippen LogP contribution in [0.3, 0.4) is 0 Å². The fourth-order valence-corrected chi connectivity index (χ4v) is 1.56. The predicted molar refractivity (Wildman–Crippen MR) is 55.2 cm³/mol. The Balaban J connectivity index is 3.29. The first-order chi connectivity index (χ1) is 6.61. The highest BCUT2D eigenvalue weighted by atomic mass is 15.3. The second-order valence-corrected chi connectivity index (χ2v) is 3.09.